The van der Waals surface area contributed by atoms with Gasteiger partial charge in [0, 0.05) is 5.25 Å². The van der Waals surface area contributed by atoms with E-state index >= 15 is 0 Å². The molecule has 0 nitrogen and oxygen atoms in total. The van der Waals surface area contributed by atoms with Crippen LogP contribution in [0.25, 0.3) is 0 Å². The van der Waals surface area contributed by atoms with Gasteiger partial charge in [0.05, 0.1) is 0 Å². The summed E-state index contributed by atoms with van der Waals surface area (Å²) in [6, 6.07) is 0. The van der Waals surface area contributed by atoms with Crippen LogP contribution in [0.1, 0.15) is 33.1 Å². The van der Waals surface area contributed by atoms with E-state index in [1.54, 1.807) is 0 Å². The van der Waals surface area contributed by atoms with Gasteiger partial charge in [-0.15, -0.1) is 0 Å². The maximum absolute atomic E-state index is 2.26. The standard InChI is InChI=1S/C7H16S/c1-4-6-7(5-2)8-3/h7H,4-6H2,1-3H3. The Balaban J connectivity index is 3.07. The molecule has 0 heterocycles. The van der Waals surface area contributed by atoms with Crippen LogP contribution in [0.4, 0.5) is 0 Å². The molecule has 50 valence electrons. The zero-order chi connectivity index (χ0) is 6.41. The van der Waals surface area contributed by atoms with E-state index in [1.807, 2.05) is 11.8 Å². The summed E-state index contributed by atoms with van der Waals surface area (Å²) in [5.74, 6) is 0. The molecule has 0 aromatic carbocycles. The predicted octanol–water partition coefficient (Wildman–Crippen LogP) is 2.93. The van der Waals surface area contributed by atoms with E-state index in [2.05, 4.69) is 20.1 Å². The number of thioether (sulfide) groups is 1. The molecule has 0 bridgehead atoms. The van der Waals surface area contributed by atoms with E-state index in [0.717, 1.165) is 5.25 Å². The average molecular weight is 132 g/mol. The smallest absolute Gasteiger partial charge is 0.00415 e. The summed E-state index contributed by atoms with van der Waals surface area (Å²) in [6.45, 7) is 4.51. The molecule has 1 heteroatoms. The Labute approximate surface area is 57.1 Å². The van der Waals surface area contributed by atoms with Gasteiger partial charge in [-0.05, 0) is 19.1 Å². The van der Waals surface area contributed by atoms with Crippen molar-refractivity contribution in [3.8, 4) is 0 Å². The van der Waals surface area contributed by atoms with Crippen molar-refractivity contribution in [1.29, 1.82) is 0 Å². The van der Waals surface area contributed by atoms with Gasteiger partial charge in [0.2, 0.25) is 0 Å². The molecule has 0 rings (SSSR count). The predicted molar refractivity (Wildman–Crippen MR) is 42.5 cm³/mol. The van der Waals surface area contributed by atoms with E-state index in [1.165, 1.54) is 19.3 Å². The van der Waals surface area contributed by atoms with Crippen LogP contribution in [-0.2, 0) is 0 Å². The SMILES string of the molecule is CCCC(CC)SC. The van der Waals surface area contributed by atoms with Crippen LogP contribution >= 0.6 is 11.8 Å². The zero-order valence-corrected chi connectivity index (χ0v) is 6.92. The lowest BCUT2D eigenvalue weighted by Crippen LogP contribution is -1.97. The largest absolute Gasteiger partial charge is 0.162 e. The highest BCUT2D eigenvalue weighted by molar-refractivity contribution is 7.99. The summed E-state index contributed by atoms with van der Waals surface area (Å²) in [5, 5.41) is 0.917. The molecule has 8 heavy (non-hydrogen) atoms. The molecule has 1 atom stereocenters. The third kappa shape index (κ3) is 3.36. The van der Waals surface area contributed by atoms with Crippen molar-refractivity contribution in [2.75, 3.05) is 6.26 Å². The van der Waals surface area contributed by atoms with Crippen molar-refractivity contribution in [2.45, 2.75) is 38.4 Å². The maximum atomic E-state index is 2.26. The maximum Gasteiger partial charge on any atom is 0.00415 e. The minimum absolute atomic E-state index is 0.917. The van der Waals surface area contributed by atoms with Gasteiger partial charge in [-0.25, -0.2) is 0 Å². The normalized spacial score (nSPS) is 13.9. The molecular formula is C7H16S. The number of hydrogen-bond acceptors (Lipinski definition) is 1. The van der Waals surface area contributed by atoms with Crippen LogP contribution in [0, 0.1) is 0 Å². The Bertz CT molecular complexity index is 39.7. The summed E-state index contributed by atoms with van der Waals surface area (Å²) in [7, 11) is 0. The minimum atomic E-state index is 0.917. The molecule has 0 aliphatic rings. The van der Waals surface area contributed by atoms with Crippen LogP contribution in [0.3, 0.4) is 0 Å². The van der Waals surface area contributed by atoms with Crippen LogP contribution in [-0.4, -0.2) is 11.5 Å². The van der Waals surface area contributed by atoms with E-state index < -0.39 is 0 Å². The van der Waals surface area contributed by atoms with Crippen molar-refractivity contribution in [2.24, 2.45) is 0 Å². The lowest BCUT2D eigenvalue weighted by atomic mass is 10.2. The third-order valence-electron chi connectivity index (χ3n) is 1.40. The van der Waals surface area contributed by atoms with Crippen LogP contribution < -0.4 is 0 Å². The van der Waals surface area contributed by atoms with Gasteiger partial charge in [-0.3, -0.25) is 0 Å². The molecule has 0 fully saturated rings. The van der Waals surface area contributed by atoms with Crippen LogP contribution in [0.2, 0.25) is 0 Å². The number of rotatable bonds is 4. The highest BCUT2D eigenvalue weighted by atomic mass is 32.2. The van der Waals surface area contributed by atoms with Gasteiger partial charge in [0.15, 0.2) is 0 Å². The third-order valence-corrected chi connectivity index (χ3v) is 2.64. The van der Waals surface area contributed by atoms with Gasteiger partial charge in [0.1, 0.15) is 0 Å². The van der Waals surface area contributed by atoms with E-state index in [4.69, 9.17) is 0 Å². The highest BCUT2D eigenvalue weighted by Gasteiger charge is 1.99. The zero-order valence-electron chi connectivity index (χ0n) is 6.11. The first-order chi connectivity index (χ1) is 3.85. The number of hydrogen-bond donors (Lipinski definition) is 0. The Kier molecular flexibility index (Phi) is 5.73. The summed E-state index contributed by atoms with van der Waals surface area (Å²) in [6.07, 6.45) is 6.25. The average Bonchev–Trinajstić information content (AvgIpc) is 1.83. The van der Waals surface area contributed by atoms with Crippen molar-refractivity contribution in [3.05, 3.63) is 0 Å². The molecule has 0 aliphatic heterocycles. The Hall–Kier alpha value is 0.350. The summed E-state index contributed by atoms with van der Waals surface area (Å²) in [4.78, 5) is 0. The van der Waals surface area contributed by atoms with Crippen LogP contribution in [0.15, 0.2) is 0 Å². The van der Waals surface area contributed by atoms with Crippen LogP contribution in [0.5, 0.6) is 0 Å². The molecule has 0 saturated heterocycles. The first kappa shape index (κ1) is 8.35. The van der Waals surface area contributed by atoms with Gasteiger partial charge < -0.3 is 0 Å². The molecule has 0 spiro atoms. The Morgan fingerprint density at radius 1 is 1.38 bits per heavy atom. The fourth-order valence-electron chi connectivity index (χ4n) is 0.811. The minimum Gasteiger partial charge on any atom is -0.162 e. The second-order valence-corrected chi connectivity index (χ2v) is 3.19. The fourth-order valence-corrected chi connectivity index (χ4v) is 1.62. The molecule has 0 aromatic heterocycles. The first-order valence-electron chi connectivity index (χ1n) is 3.37. The van der Waals surface area contributed by atoms with Gasteiger partial charge in [-0.2, -0.15) is 11.8 Å². The van der Waals surface area contributed by atoms with Crippen molar-refractivity contribution in [3.63, 3.8) is 0 Å². The second kappa shape index (κ2) is 5.49. The van der Waals surface area contributed by atoms with Crippen molar-refractivity contribution in [1.82, 2.24) is 0 Å². The highest BCUT2D eigenvalue weighted by Crippen LogP contribution is 2.15. The van der Waals surface area contributed by atoms with Crippen molar-refractivity contribution >= 4 is 11.8 Å². The molecule has 0 amide bonds. The molecular weight excluding hydrogens is 116 g/mol. The van der Waals surface area contributed by atoms with Crippen molar-refractivity contribution < 1.29 is 0 Å². The molecule has 0 aromatic rings. The fraction of sp³-hybridized carbons (Fsp3) is 1.00. The van der Waals surface area contributed by atoms with Gasteiger partial charge in [-0.1, -0.05) is 20.3 Å². The van der Waals surface area contributed by atoms with E-state index in [0.29, 0.717) is 0 Å². The Morgan fingerprint density at radius 3 is 2.12 bits per heavy atom. The molecule has 1 unspecified atom stereocenters. The van der Waals surface area contributed by atoms with E-state index in [9.17, 15) is 0 Å². The summed E-state index contributed by atoms with van der Waals surface area (Å²) in [5.41, 5.74) is 0. The quantitative estimate of drug-likeness (QED) is 0.566. The Morgan fingerprint density at radius 2 is 2.00 bits per heavy atom. The van der Waals surface area contributed by atoms with Gasteiger partial charge >= 0.3 is 0 Å². The summed E-state index contributed by atoms with van der Waals surface area (Å²) >= 11 is 1.99. The monoisotopic (exact) mass is 132 g/mol. The lowest BCUT2D eigenvalue weighted by Gasteiger charge is -2.07. The van der Waals surface area contributed by atoms with E-state index in [-0.39, 0.29) is 0 Å². The topological polar surface area (TPSA) is 0 Å². The molecule has 0 N–H and O–H groups in total. The lowest BCUT2D eigenvalue weighted by molar-refractivity contribution is 0.721. The second-order valence-electron chi connectivity index (χ2n) is 2.05. The molecule has 0 aliphatic carbocycles. The summed E-state index contributed by atoms with van der Waals surface area (Å²) < 4.78 is 0. The molecule has 0 saturated carbocycles. The molecule has 0 radical (unpaired) electrons. The first-order valence-corrected chi connectivity index (χ1v) is 4.66. The van der Waals surface area contributed by atoms with Gasteiger partial charge in [0.25, 0.3) is 0 Å².